The molecule has 0 radical (unpaired) electrons. The van der Waals surface area contributed by atoms with E-state index in [0.717, 1.165) is 11.5 Å². The number of rotatable bonds is 1. The van der Waals surface area contributed by atoms with Crippen LogP contribution in [0.4, 0.5) is 0 Å². The third-order valence-corrected chi connectivity index (χ3v) is 1.35. The summed E-state index contributed by atoms with van der Waals surface area (Å²) in [6, 6.07) is 0. The van der Waals surface area contributed by atoms with Gasteiger partial charge in [-0.25, -0.2) is 4.98 Å². The molecule has 54 valence electrons. The fourth-order valence-electron chi connectivity index (χ4n) is 0.948. The second-order valence-electron chi connectivity index (χ2n) is 2.32. The average Bonchev–Trinajstić information content (AvgIpc) is 2.13. The van der Waals surface area contributed by atoms with Crippen LogP contribution in [-0.4, -0.2) is 9.55 Å². The van der Waals surface area contributed by atoms with Crippen molar-refractivity contribution in [2.24, 2.45) is 0 Å². The molecule has 0 amide bonds. The number of hydrogen-bond acceptors (Lipinski definition) is 1. The molecule has 0 aliphatic carbocycles. The molecule has 1 heterocycles. The first-order valence-electron chi connectivity index (χ1n) is 3.39. The first-order valence-corrected chi connectivity index (χ1v) is 3.39. The molecule has 0 N–H and O–H groups in total. The van der Waals surface area contributed by atoms with E-state index in [1.165, 1.54) is 0 Å². The van der Waals surface area contributed by atoms with Gasteiger partial charge >= 0.3 is 0 Å². The summed E-state index contributed by atoms with van der Waals surface area (Å²) in [7, 11) is 0. The lowest BCUT2D eigenvalue weighted by atomic mass is 10.6. The standard InChI is InChI=1S/C8H12N2/c1-4-5-10-6-7(2)9-8(10)3/h4-6H,1-3H3/b5-4-. The lowest BCUT2D eigenvalue weighted by molar-refractivity contribution is 1.03. The van der Waals surface area contributed by atoms with E-state index in [1.807, 2.05) is 43.8 Å². The van der Waals surface area contributed by atoms with E-state index in [4.69, 9.17) is 0 Å². The Kier molecular flexibility index (Phi) is 1.90. The van der Waals surface area contributed by atoms with Crippen molar-refractivity contribution in [1.29, 1.82) is 0 Å². The maximum Gasteiger partial charge on any atom is 0.109 e. The number of hydrogen-bond donors (Lipinski definition) is 0. The van der Waals surface area contributed by atoms with Crippen LogP contribution in [0.1, 0.15) is 18.4 Å². The fourth-order valence-corrected chi connectivity index (χ4v) is 0.948. The first-order chi connectivity index (χ1) is 4.74. The van der Waals surface area contributed by atoms with Gasteiger partial charge in [-0.15, -0.1) is 0 Å². The molecule has 1 aromatic rings. The number of aryl methyl sites for hydroxylation is 2. The molecule has 0 aliphatic rings. The van der Waals surface area contributed by atoms with Crippen molar-refractivity contribution in [3.05, 3.63) is 23.8 Å². The molecule has 0 saturated carbocycles. The Balaban J connectivity index is 3.03. The van der Waals surface area contributed by atoms with Crippen LogP contribution in [0.2, 0.25) is 0 Å². The van der Waals surface area contributed by atoms with Crippen molar-refractivity contribution >= 4 is 6.20 Å². The highest BCUT2D eigenvalue weighted by atomic mass is 15.0. The van der Waals surface area contributed by atoms with E-state index in [9.17, 15) is 0 Å². The Bertz CT molecular complexity index is 246. The fraction of sp³-hybridized carbons (Fsp3) is 0.375. The zero-order chi connectivity index (χ0) is 7.56. The van der Waals surface area contributed by atoms with Crippen LogP contribution < -0.4 is 0 Å². The van der Waals surface area contributed by atoms with Gasteiger partial charge in [0, 0.05) is 12.4 Å². The summed E-state index contributed by atoms with van der Waals surface area (Å²) in [5.74, 6) is 1.04. The Hall–Kier alpha value is -1.05. The van der Waals surface area contributed by atoms with Crippen molar-refractivity contribution in [1.82, 2.24) is 9.55 Å². The van der Waals surface area contributed by atoms with Crippen LogP contribution >= 0.6 is 0 Å². The van der Waals surface area contributed by atoms with E-state index in [2.05, 4.69) is 4.98 Å². The van der Waals surface area contributed by atoms with Crippen LogP contribution in [0, 0.1) is 13.8 Å². The molecule has 0 fully saturated rings. The maximum atomic E-state index is 4.24. The van der Waals surface area contributed by atoms with Gasteiger partial charge in [0.25, 0.3) is 0 Å². The van der Waals surface area contributed by atoms with Gasteiger partial charge in [-0.2, -0.15) is 0 Å². The number of imidazole rings is 1. The van der Waals surface area contributed by atoms with Gasteiger partial charge in [0.15, 0.2) is 0 Å². The maximum absolute atomic E-state index is 4.24. The van der Waals surface area contributed by atoms with Crippen LogP contribution in [0.5, 0.6) is 0 Å². The zero-order valence-electron chi connectivity index (χ0n) is 6.63. The first kappa shape index (κ1) is 7.06. The minimum atomic E-state index is 1.04. The highest BCUT2D eigenvalue weighted by Crippen LogP contribution is 2.00. The Labute approximate surface area is 61.2 Å². The van der Waals surface area contributed by atoms with Crippen molar-refractivity contribution in [2.75, 3.05) is 0 Å². The molecule has 0 bridgehead atoms. The summed E-state index contributed by atoms with van der Waals surface area (Å²) in [6.07, 6.45) is 6.00. The number of allylic oxidation sites excluding steroid dienone is 1. The van der Waals surface area contributed by atoms with Crippen LogP contribution in [0.25, 0.3) is 6.20 Å². The van der Waals surface area contributed by atoms with Crippen molar-refractivity contribution in [3.8, 4) is 0 Å². The molecule has 0 aromatic carbocycles. The zero-order valence-corrected chi connectivity index (χ0v) is 6.63. The predicted molar refractivity (Wildman–Crippen MR) is 42.7 cm³/mol. The monoisotopic (exact) mass is 136 g/mol. The van der Waals surface area contributed by atoms with E-state index < -0.39 is 0 Å². The summed E-state index contributed by atoms with van der Waals surface area (Å²) < 4.78 is 2.01. The molecular formula is C8H12N2. The van der Waals surface area contributed by atoms with Crippen molar-refractivity contribution in [2.45, 2.75) is 20.8 Å². The lowest BCUT2D eigenvalue weighted by Gasteiger charge is -1.91. The summed E-state index contributed by atoms with van der Waals surface area (Å²) in [5.41, 5.74) is 1.07. The van der Waals surface area contributed by atoms with Gasteiger partial charge in [0.05, 0.1) is 5.69 Å². The highest BCUT2D eigenvalue weighted by molar-refractivity contribution is 5.24. The Morgan fingerprint density at radius 3 is 2.60 bits per heavy atom. The Morgan fingerprint density at radius 2 is 2.20 bits per heavy atom. The quantitative estimate of drug-likeness (QED) is 0.577. The summed E-state index contributed by atoms with van der Waals surface area (Å²) >= 11 is 0. The molecule has 2 heteroatoms. The number of nitrogens with zero attached hydrogens (tertiary/aromatic N) is 2. The van der Waals surface area contributed by atoms with Gasteiger partial charge in [-0.3, -0.25) is 0 Å². The van der Waals surface area contributed by atoms with E-state index in [-0.39, 0.29) is 0 Å². The van der Waals surface area contributed by atoms with Crippen molar-refractivity contribution in [3.63, 3.8) is 0 Å². The number of aromatic nitrogens is 2. The second kappa shape index (κ2) is 2.69. The predicted octanol–water partition coefficient (Wildman–Crippen LogP) is 1.99. The molecule has 0 unspecified atom stereocenters. The summed E-state index contributed by atoms with van der Waals surface area (Å²) in [6.45, 7) is 5.98. The molecule has 0 spiro atoms. The van der Waals surface area contributed by atoms with E-state index >= 15 is 0 Å². The molecule has 10 heavy (non-hydrogen) atoms. The minimum Gasteiger partial charge on any atom is -0.311 e. The lowest BCUT2D eigenvalue weighted by Crippen LogP contribution is -1.85. The average molecular weight is 136 g/mol. The third-order valence-electron chi connectivity index (χ3n) is 1.35. The topological polar surface area (TPSA) is 17.8 Å². The highest BCUT2D eigenvalue weighted by Gasteiger charge is 1.94. The SMILES string of the molecule is C/C=C\n1cc(C)nc1C. The van der Waals surface area contributed by atoms with Crippen LogP contribution in [-0.2, 0) is 0 Å². The molecular weight excluding hydrogens is 124 g/mol. The van der Waals surface area contributed by atoms with Crippen LogP contribution in [0.3, 0.4) is 0 Å². The molecule has 0 saturated heterocycles. The third kappa shape index (κ3) is 1.26. The van der Waals surface area contributed by atoms with Gasteiger partial charge in [0.1, 0.15) is 5.82 Å². The van der Waals surface area contributed by atoms with E-state index in [1.54, 1.807) is 0 Å². The van der Waals surface area contributed by atoms with Gasteiger partial charge in [-0.05, 0) is 20.8 Å². The molecule has 0 atom stereocenters. The second-order valence-corrected chi connectivity index (χ2v) is 2.32. The van der Waals surface area contributed by atoms with Gasteiger partial charge in [-0.1, -0.05) is 6.08 Å². The molecule has 1 aromatic heterocycles. The summed E-state index contributed by atoms with van der Waals surface area (Å²) in [5, 5.41) is 0. The van der Waals surface area contributed by atoms with Gasteiger partial charge in [0.2, 0.25) is 0 Å². The van der Waals surface area contributed by atoms with E-state index in [0.29, 0.717) is 0 Å². The molecule has 0 aliphatic heterocycles. The minimum absolute atomic E-state index is 1.04. The Morgan fingerprint density at radius 1 is 1.50 bits per heavy atom. The van der Waals surface area contributed by atoms with Gasteiger partial charge < -0.3 is 4.57 Å². The smallest absolute Gasteiger partial charge is 0.109 e. The molecule has 1 rings (SSSR count). The molecule has 2 nitrogen and oxygen atoms in total. The van der Waals surface area contributed by atoms with Crippen LogP contribution in [0.15, 0.2) is 12.3 Å². The normalized spacial score (nSPS) is 11.1. The largest absolute Gasteiger partial charge is 0.311 e. The van der Waals surface area contributed by atoms with Crippen molar-refractivity contribution < 1.29 is 0 Å². The summed E-state index contributed by atoms with van der Waals surface area (Å²) in [4.78, 5) is 4.24.